The number of hydrogen-bond acceptors (Lipinski definition) is 4. The minimum atomic E-state index is -4.93. The van der Waals surface area contributed by atoms with E-state index in [2.05, 4.69) is 5.32 Å². The van der Waals surface area contributed by atoms with Crippen LogP contribution in [0.1, 0.15) is 69.2 Å². The zero-order valence-electron chi connectivity index (χ0n) is 22.3. The fourth-order valence-corrected chi connectivity index (χ4v) is 5.07. The molecule has 0 bridgehead atoms. The second-order valence-corrected chi connectivity index (χ2v) is 11.0. The first-order valence-electron chi connectivity index (χ1n) is 12.9. The van der Waals surface area contributed by atoms with Gasteiger partial charge in [0.25, 0.3) is 0 Å². The summed E-state index contributed by atoms with van der Waals surface area (Å²) in [4.78, 5) is 1.79. The number of rotatable bonds is 8. The summed E-state index contributed by atoms with van der Waals surface area (Å²) in [7, 11) is 0. The summed E-state index contributed by atoms with van der Waals surface area (Å²) in [6.45, 7) is 7.07. The van der Waals surface area contributed by atoms with Gasteiger partial charge in [0.15, 0.2) is 0 Å². The molecular formula is C28H35F7N2O2. The molecule has 4 atom stereocenters. The van der Waals surface area contributed by atoms with Gasteiger partial charge in [0.2, 0.25) is 6.41 Å². The van der Waals surface area contributed by atoms with Crippen molar-refractivity contribution in [3.8, 4) is 0 Å². The Morgan fingerprint density at radius 2 is 1.51 bits per heavy atom. The third kappa shape index (κ3) is 8.64. The lowest BCUT2D eigenvalue weighted by Gasteiger charge is -2.48. The van der Waals surface area contributed by atoms with Crippen molar-refractivity contribution in [3.63, 3.8) is 0 Å². The average molecular weight is 565 g/mol. The summed E-state index contributed by atoms with van der Waals surface area (Å²) in [5.74, 6) is -0.407. The van der Waals surface area contributed by atoms with Crippen LogP contribution in [0.4, 0.5) is 30.7 Å². The van der Waals surface area contributed by atoms with E-state index in [1.165, 1.54) is 6.07 Å². The van der Waals surface area contributed by atoms with E-state index in [4.69, 9.17) is 4.74 Å². The molecule has 218 valence electrons. The van der Waals surface area contributed by atoms with E-state index in [1.807, 2.05) is 6.92 Å². The SMILES string of the molecule is CC[C@@H]1C[C@H](NCc2cc(C(F)(F)F)cc(C(F)(F)F)c2)C[C@H](Cc2ccccc2F)N1C(O)OC(C)(C)C. The van der Waals surface area contributed by atoms with Crippen LogP contribution in [0, 0.1) is 5.82 Å². The molecule has 4 nitrogen and oxygen atoms in total. The molecule has 2 aromatic rings. The minimum Gasteiger partial charge on any atom is -0.356 e. The summed E-state index contributed by atoms with van der Waals surface area (Å²) < 4.78 is 100. The number of hydrogen-bond donors (Lipinski definition) is 2. The monoisotopic (exact) mass is 564 g/mol. The van der Waals surface area contributed by atoms with Crippen molar-refractivity contribution in [1.82, 2.24) is 10.2 Å². The molecule has 39 heavy (non-hydrogen) atoms. The molecule has 0 aromatic heterocycles. The number of halogens is 7. The summed E-state index contributed by atoms with van der Waals surface area (Å²) in [6, 6.07) is 6.82. The number of ether oxygens (including phenoxy) is 1. The van der Waals surface area contributed by atoms with Crippen LogP contribution in [0.3, 0.4) is 0 Å². The summed E-state index contributed by atoms with van der Waals surface area (Å²) in [6.07, 6.45) is -9.51. The standard InChI is InChI=1S/C28H35F7N2O2/c1-5-22-14-21(36-16-17-10-19(27(30,31)32)13-20(11-17)28(33,34)35)15-23(12-18-8-6-7-9-24(18)29)37(22)25(38)39-26(2,3)4/h6-11,13,21-23,25,36,38H,5,12,14-16H2,1-4H3/t21-,22+,23-,25?/m0/s1. The lowest BCUT2D eigenvalue weighted by atomic mass is 9.86. The molecule has 0 radical (unpaired) electrons. The molecule has 0 aliphatic carbocycles. The Kier molecular flexibility index (Phi) is 9.73. The Morgan fingerprint density at radius 3 is 2.03 bits per heavy atom. The van der Waals surface area contributed by atoms with Gasteiger partial charge in [0, 0.05) is 24.7 Å². The van der Waals surface area contributed by atoms with Gasteiger partial charge in [-0.3, -0.25) is 0 Å². The lowest BCUT2D eigenvalue weighted by molar-refractivity contribution is -0.265. The molecule has 1 saturated heterocycles. The van der Waals surface area contributed by atoms with Crippen LogP contribution >= 0.6 is 0 Å². The van der Waals surface area contributed by atoms with Gasteiger partial charge in [-0.25, -0.2) is 9.29 Å². The van der Waals surface area contributed by atoms with Gasteiger partial charge in [-0.1, -0.05) is 25.1 Å². The first-order chi connectivity index (χ1) is 18.0. The maximum Gasteiger partial charge on any atom is 0.416 e. The number of aliphatic hydroxyl groups excluding tert-OH is 1. The minimum absolute atomic E-state index is 0.107. The summed E-state index contributed by atoms with van der Waals surface area (Å²) in [5, 5.41) is 14.1. The van der Waals surface area contributed by atoms with Crippen LogP contribution in [0.25, 0.3) is 0 Å². The second-order valence-electron chi connectivity index (χ2n) is 11.0. The molecule has 1 fully saturated rings. The Balaban J connectivity index is 1.87. The smallest absolute Gasteiger partial charge is 0.356 e. The van der Waals surface area contributed by atoms with Crippen LogP contribution in [-0.2, 0) is 30.1 Å². The molecule has 11 heteroatoms. The molecule has 1 aliphatic rings. The lowest BCUT2D eigenvalue weighted by Crippen LogP contribution is -2.59. The Hall–Kier alpha value is -2.21. The van der Waals surface area contributed by atoms with Gasteiger partial charge in [0.1, 0.15) is 5.82 Å². The van der Waals surface area contributed by atoms with Crippen LogP contribution in [0.5, 0.6) is 0 Å². The molecule has 1 aliphatic heterocycles. The first-order valence-corrected chi connectivity index (χ1v) is 12.9. The second kappa shape index (κ2) is 12.1. The molecule has 1 unspecified atom stereocenters. The number of piperidine rings is 1. The van der Waals surface area contributed by atoms with E-state index in [0.717, 1.165) is 0 Å². The highest BCUT2D eigenvalue weighted by Crippen LogP contribution is 2.37. The predicted octanol–water partition coefficient (Wildman–Crippen LogP) is 6.90. The summed E-state index contributed by atoms with van der Waals surface area (Å²) >= 11 is 0. The maximum absolute atomic E-state index is 14.5. The largest absolute Gasteiger partial charge is 0.416 e. The van der Waals surface area contributed by atoms with Gasteiger partial charge in [-0.15, -0.1) is 0 Å². The van der Waals surface area contributed by atoms with Crippen LogP contribution < -0.4 is 5.32 Å². The highest BCUT2D eigenvalue weighted by Gasteiger charge is 2.41. The number of nitrogens with zero attached hydrogens (tertiary/aromatic N) is 1. The third-order valence-electron chi connectivity index (χ3n) is 6.80. The van der Waals surface area contributed by atoms with E-state index in [0.29, 0.717) is 37.0 Å². The van der Waals surface area contributed by atoms with E-state index < -0.39 is 47.4 Å². The van der Waals surface area contributed by atoms with E-state index in [1.54, 1.807) is 43.9 Å². The number of likely N-dealkylation sites (tertiary alicyclic amines) is 1. The molecule has 0 amide bonds. The van der Waals surface area contributed by atoms with Crippen molar-refractivity contribution < 1.29 is 40.6 Å². The van der Waals surface area contributed by atoms with Gasteiger partial charge in [0.05, 0.1) is 16.7 Å². The number of benzene rings is 2. The number of alkyl halides is 6. The van der Waals surface area contributed by atoms with Crippen molar-refractivity contribution >= 4 is 0 Å². The topological polar surface area (TPSA) is 44.7 Å². The van der Waals surface area contributed by atoms with Crippen molar-refractivity contribution in [2.75, 3.05) is 0 Å². The Morgan fingerprint density at radius 1 is 0.949 bits per heavy atom. The third-order valence-corrected chi connectivity index (χ3v) is 6.80. The fraction of sp³-hybridized carbons (Fsp3) is 0.571. The van der Waals surface area contributed by atoms with Crippen molar-refractivity contribution in [2.45, 2.75) is 102 Å². The molecular weight excluding hydrogens is 529 g/mol. The molecule has 0 spiro atoms. The van der Waals surface area contributed by atoms with E-state index >= 15 is 0 Å². The van der Waals surface area contributed by atoms with Crippen LogP contribution in [-0.4, -0.2) is 40.1 Å². The van der Waals surface area contributed by atoms with Crippen molar-refractivity contribution in [2.24, 2.45) is 0 Å². The molecule has 3 rings (SSSR count). The van der Waals surface area contributed by atoms with E-state index in [-0.39, 0.29) is 36.7 Å². The van der Waals surface area contributed by atoms with Crippen LogP contribution in [0.2, 0.25) is 0 Å². The summed E-state index contributed by atoms with van der Waals surface area (Å²) in [5.41, 5.74) is -3.12. The zero-order valence-corrected chi connectivity index (χ0v) is 22.3. The van der Waals surface area contributed by atoms with Gasteiger partial charge < -0.3 is 15.2 Å². The quantitative estimate of drug-likeness (QED) is 0.271. The molecule has 1 heterocycles. The van der Waals surface area contributed by atoms with Gasteiger partial charge in [-0.2, -0.15) is 26.3 Å². The van der Waals surface area contributed by atoms with Crippen molar-refractivity contribution in [1.29, 1.82) is 0 Å². The predicted molar refractivity (Wildman–Crippen MR) is 133 cm³/mol. The Bertz CT molecular complexity index is 1070. The van der Waals surface area contributed by atoms with Crippen molar-refractivity contribution in [3.05, 3.63) is 70.5 Å². The highest BCUT2D eigenvalue weighted by molar-refractivity contribution is 5.33. The maximum atomic E-state index is 14.5. The van der Waals surface area contributed by atoms with E-state index in [9.17, 15) is 35.8 Å². The average Bonchev–Trinajstić information content (AvgIpc) is 2.81. The molecule has 2 aromatic carbocycles. The fourth-order valence-electron chi connectivity index (χ4n) is 5.07. The zero-order chi connectivity index (χ0) is 29.2. The molecule has 0 saturated carbocycles. The highest BCUT2D eigenvalue weighted by atomic mass is 19.4. The Labute approximate surface area is 224 Å². The van der Waals surface area contributed by atoms with Crippen LogP contribution in [0.15, 0.2) is 42.5 Å². The van der Waals surface area contributed by atoms with Gasteiger partial charge in [-0.05, 0) is 81.8 Å². The van der Waals surface area contributed by atoms with Gasteiger partial charge >= 0.3 is 12.4 Å². The number of nitrogens with one attached hydrogen (secondary N) is 1. The number of aliphatic hydroxyl groups is 1. The normalized spacial score (nSPS) is 22.2. The first kappa shape index (κ1) is 31.3. The molecule has 2 N–H and O–H groups in total.